The Kier molecular flexibility index (Phi) is 4.01. The number of fused-ring (bicyclic) bond motifs is 2. The van der Waals surface area contributed by atoms with Crippen LogP contribution < -0.4 is 10.2 Å². The Morgan fingerprint density at radius 2 is 1.50 bits per heavy atom. The van der Waals surface area contributed by atoms with Crippen molar-refractivity contribution in [1.82, 2.24) is 0 Å². The van der Waals surface area contributed by atoms with Crippen molar-refractivity contribution < 1.29 is 9.59 Å². The second-order valence-corrected chi connectivity index (χ2v) is 6.35. The SMILES string of the molecule is Cc1cccc2c1NC(=O)c1ccccc1N(Cc1ccccc1)C2=O. The molecule has 1 aliphatic rings. The maximum Gasteiger partial charge on any atom is 0.260 e. The number of carbonyl (C=O) groups is 2. The van der Waals surface area contributed by atoms with Crippen LogP contribution in [0, 0.1) is 6.92 Å². The van der Waals surface area contributed by atoms with E-state index < -0.39 is 0 Å². The fourth-order valence-corrected chi connectivity index (χ4v) is 3.27. The third-order valence-electron chi connectivity index (χ3n) is 4.61. The van der Waals surface area contributed by atoms with E-state index in [0.29, 0.717) is 29.0 Å². The molecule has 26 heavy (non-hydrogen) atoms. The van der Waals surface area contributed by atoms with Gasteiger partial charge in [-0.05, 0) is 36.2 Å². The standard InChI is InChI=1S/C22H18N2O2/c1-15-8-7-12-18-20(15)23-21(25)17-11-5-6-13-19(17)24(22(18)26)14-16-9-3-2-4-10-16/h2-13H,14H2,1H3,(H,23,25). The van der Waals surface area contributed by atoms with E-state index in [1.807, 2.05) is 67.6 Å². The fraction of sp³-hybridized carbons (Fsp3) is 0.0909. The number of hydrogen-bond acceptors (Lipinski definition) is 2. The summed E-state index contributed by atoms with van der Waals surface area (Å²) in [6, 6.07) is 22.5. The highest BCUT2D eigenvalue weighted by Gasteiger charge is 2.28. The summed E-state index contributed by atoms with van der Waals surface area (Å²) in [5, 5.41) is 2.92. The molecule has 4 rings (SSSR count). The number of hydrogen-bond donors (Lipinski definition) is 1. The molecule has 0 saturated carbocycles. The largest absolute Gasteiger partial charge is 0.321 e. The summed E-state index contributed by atoms with van der Waals surface area (Å²) >= 11 is 0. The number of para-hydroxylation sites is 2. The predicted octanol–water partition coefficient (Wildman–Crippen LogP) is 4.41. The molecule has 0 unspecified atom stereocenters. The van der Waals surface area contributed by atoms with Crippen molar-refractivity contribution in [2.45, 2.75) is 13.5 Å². The number of nitrogens with one attached hydrogen (secondary N) is 1. The minimum Gasteiger partial charge on any atom is -0.321 e. The Bertz CT molecular complexity index is 996. The molecule has 0 atom stereocenters. The van der Waals surface area contributed by atoms with Crippen LogP contribution in [0.15, 0.2) is 72.8 Å². The summed E-state index contributed by atoms with van der Waals surface area (Å²) < 4.78 is 0. The van der Waals surface area contributed by atoms with E-state index in [1.54, 1.807) is 17.0 Å². The van der Waals surface area contributed by atoms with Gasteiger partial charge in [-0.25, -0.2) is 0 Å². The minimum atomic E-state index is -0.207. The van der Waals surface area contributed by atoms with Gasteiger partial charge in [0.1, 0.15) is 0 Å². The van der Waals surface area contributed by atoms with Gasteiger partial charge in [0.25, 0.3) is 11.8 Å². The van der Waals surface area contributed by atoms with Crippen LogP contribution in [0.1, 0.15) is 31.8 Å². The number of nitrogens with zero attached hydrogens (tertiary/aromatic N) is 1. The highest BCUT2D eigenvalue weighted by atomic mass is 16.2. The first-order valence-electron chi connectivity index (χ1n) is 8.51. The molecule has 1 heterocycles. The van der Waals surface area contributed by atoms with Crippen LogP contribution in [0.3, 0.4) is 0 Å². The van der Waals surface area contributed by atoms with Crippen LogP contribution >= 0.6 is 0 Å². The maximum atomic E-state index is 13.4. The second-order valence-electron chi connectivity index (χ2n) is 6.35. The molecule has 1 N–H and O–H groups in total. The fourth-order valence-electron chi connectivity index (χ4n) is 3.27. The Hall–Kier alpha value is -3.40. The summed E-state index contributed by atoms with van der Waals surface area (Å²) in [5.74, 6) is -0.332. The monoisotopic (exact) mass is 342 g/mol. The zero-order valence-electron chi connectivity index (χ0n) is 14.4. The normalized spacial score (nSPS) is 13.3. The number of carbonyl (C=O) groups excluding carboxylic acids is 2. The Morgan fingerprint density at radius 3 is 2.31 bits per heavy atom. The predicted molar refractivity (Wildman–Crippen MR) is 103 cm³/mol. The number of rotatable bonds is 2. The van der Waals surface area contributed by atoms with E-state index in [4.69, 9.17) is 0 Å². The topological polar surface area (TPSA) is 49.4 Å². The average Bonchev–Trinajstić information content (AvgIpc) is 2.67. The van der Waals surface area contributed by atoms with E-state index in [-0.39, 0.29) is 11.8 Å². The van der Waals surface area contributed by atoms with Gasteiger partial charge >= 0.3 is 0 Å². The maximum absolute atomic E-state index is 13.4. The second kappa shape index (κ2) is 6.48. The Balaban J connectivity index is 1.90. The zero-order chi connectivity index (χ0) is 18.1. The van der Waals surface area contributed by atoms with Crippen molar-refractivity contribution in [3.63, 3.8) is 0 Å². The van der Waals surface area contributed by atoms with Crippen molar-refractivity contribution in [3.8, 4) is 0 Å². The Labute approximate surface area is 152 Å². The summed E-state index contributed by atoms with van der Waals surface area (Å²) in [4.78, 5) is 27.9. The molecule has 0 spiro atoms. The highest BCUT2D eigenvalue weighted by Crippen LogP contribution is 2.31. The third kappa shape index (κ3) is 2.75. The molecule has 1 aliphatic heterocycles. The molecule has 0 aliphatic carbocycles. The molecule has 128 valence electrons. The van der Waals surface area contributed by atoms with Crippen molar-refractivity contribution in [2.24, 2.45) is 0 Å². The van der Waals surface area contributed by atoms with E-state index in [9.17, 15) is 9.59 Å². The lowest BCUT2D eigenvalue weighted by Crippen LogP contribution is -2.35. The molecular formula is C22H18N2O2. The smallest absolute Gasteiger partial charge is 0.260 e. The van der Waals surface area contributed by atoms with E-state index >= 15 is 0 Å². The molecule has 2 amide bonds. The van der Waals surface area contributed by atoms with Crippen molar-refractivity contribution >= 4 is 23.2 Å². The van der Waals surface area contributed by atoms with Crippen LogP contribution in [-0.4, -0.2) is 11.8 Å². The van der Waals surface area contributed by atoms with Gasteiger partial charge < -0.3 is 10.2 Å². The van der Waals surface area contributed by atoms with Crippen LogP contribution in [0.5, 0.6) is 0 Å². The Morgan fingerprint density at radius 1 is 0.808 bits per heavy atom. The lowest BCUT2D eigenvalue weighted by molar-refractivity contribution is 0.0983. The molecule has 0 aromatic heterocycles. The van der Waals surface area contributed by atoms with Gasteiger partial charge in [-0.1, -0.05) is 54.6 Å². The quantitative estimate of drug-likeness (QED) is 0.750. The van der Waals surface area contributed by atoms with Gasteiger partial charge in [-0.15, -0.1) is 0 Å². The number of aryl methyl sites for hydroxylation is 1. The molecule has 4 nitrogen and oxygen atoms in total. The molecule has 4 heteroatoms. The number of amides is 2. The lowest BCUT2D eigenvalue weighted by Gasteiger charge is -2.29. The van der Waals surface area contributed by atoms with Crippen LogP contribution in [0.25, 0.3) is 0 Å². The van der Waals surface area contributed by atoms with Crippen LogP contribution in [0.4, 0.5) is 11.4 Å². The highest BCUT2D eigenvalue weighted by molar-refractivity contribution is 6.19. The first-order chi connectivity index (χ1) is 12.6. The van der Waals surface area contributed by atoms with Crippen LogP contribution in [0.2, 0.25) is 0 Å². The molecule has 0 bridgehead atoms. The van der Waals surface area contributed by atoms with E-state index in [1.165, 1.54) is 0 Å². The van der Waals surface area contributed by atoms with Gasteiger partial charge in [0.05, 0.1) is 29.0 Å². The van der Waals surface area contributed by atoms with Gasteiger partial charge in [-0.2, -0.15) is 0 Å². The summed E-state index contributed by atoms with van der Waals surface area (Å²) in [7, 11) is 0. The summed E-state index contributed by atoms with van der Waals surface area (Å²) in [6.45, 7) is 2.29. The van der Waals surface area contributed by atoms with Gasteiger partial charge in [0.2, 0.25) is 0 Å². The lowest BCUT2D eigenvalue weighted by atomic mass is 10.0. The first kappa shape index (κ1) is 16.1. The molecule has 0 radical (unpaired) electrons. The third-order valence-corrected chi connectivity index (χ3v) is 4.61. The molecular weight excluding hydrogens is 324 g/mol. The summed E-state index contributed by atoms with van der Waals surface area (Å²) in [5.41, 5.74) is 4.06. The number of benzene rings is 3. The van der Waals surface area contributed by atoms with E-state index in [0.717, 1.165) is 11.1 Å². The average molecular weight is 342 g/mol. The minimum absolute atomic E-state index is 0.125. The van der Waals surface area contributed by atoms with Crippen molar-refractivity contribution in [3.05, 3.63) is 95.1 Å². The zero-order valence-corrected chi connectivity index (χ0v) is 14.4. The molecule has 3 aromatic carbocycles. The first-order valence-corrected chi connectivity index (χ1v) is 8.51. The molecule has 0 fully saturated rings. The van der Waals surface area contributed by atoms with Gasteiger partial charge in [-0.3, -0.25) is 9.59 Å². The van der Waals surface area contributed by atoms with E-state index in [2.05, 4.69) is 5.32 Å². The van der Waals surface area contributed by atoms with Crippen molar-refractivity contribution in [1.29, 1.82) is 0 Å². The van der Waals surface area contributed by atoms with Gasteiger partial charge in [0, 0.05) is 0 Å². The summed E-state index contributed by atoms with van der Waals surface area (Å²) in [6.07, 6.45) is 0. The molecule has 3 aromatic rings. The molecule has 0 saturated heterocycles. The van der Waals surface area contributed by atoms with Gasteiger partial charge in [0.15, 0.2) is 0 Å². The number of anilines is 2. The van der Waals surface area contributed by atoms with Crippen molar-refractivity contribution in [2.75, 3.05) is 10.2 Å². The van der Waals surface area contributed by atoms with Crippen LogP contribution in [-0.2, 0) is 6.54 Å².